The number of carbonyl (C=O) groups excluding carboxylic acids is 2. The van der Waals surface area contributed by atoms with Gasteiger partial charge in [-0.2, -0.15) is 0 Å². The zero-order valence-electron chi connectivity index (χ0n) is 12.7. The summed E-state index contributed by atoms with van der Waals surface area (Å²) in [7, 11) is 0. The molecule has 22 heavy (non-hydrogen) atoms. The van der Waals surface area contributed by atoms with Gasteiger partial charge < -0.3 is 19.5 Å². The van der Waals surface area contributed by atoms with E-state index >= 15 is 0 Å². The van der Waals surface area contributed by atoms with Crippen LogP contribution in [0.5, 0.6) is 5.75 Å². The van der Waals surface area contributed by atoms with Gasteiger partial charge in [0.1, 0.15) is 12.4 Å². The Morgan fingerprint density at radius 1 is 1.32 bits per heavy atom. The smallest absolute Gasteiger partial charge is 0.338 e. The maximum absolute atomic E-state index is 11.8. The van der Waals surface area contributed by atoms with E-state index in [1.54, 1.807) is 31.2 Å². The number of benzene rings is 1. The van der Waals surface area contributed by atoms with Gasteiger partial charge in [0, 0.05) is 13.2 Å². The molecule has 0 aromatic heterocycles. The van der Waals surface area contributed by atoms with Crippen LogP contribution in [0, 0.1) is 0 Å². The van der Waals surface area contributed by atoms with Gasteiger partial charge in [-0.1, -0.05) is 0 Å². The number of ether oxygens (including phenoxy) is 3. The summed E-state index contributed by atoms with van der Waals surface area (Å²) in [6.45, 7) is 3.34. The van der Waals surface area contributed by atoms with E-state index in [2.05, 4.69) is 5.32 Å². The highest BCUT2D eigenvalue weighted by molar-refractivity contribution is 5.91. The second-order valence-corrected chi connectivity index (χ2v) is 5.00. The third-order valence-electron chi connectivity index (χ3n) is 3.26. The van der Waals surface area contributed by atoms with E-state index in [-0.39, 0.29) is 18.6 Å². The Morgan fingerprint density at radius 3 is 2.73 bits per heavy atom. The molecule has 1 fully saturated rings. The summed E-state index contributed by atoms with van der Waals surface area (Å²) < 4.78 is 16.0. The van der Waals surface area contributed by atoms with E-state index in [4.69, 9.17) is 14.2 Å². The lowest BCUT2D eigenvalue weighted by molar-refractivity contribution is -0.124. The molecule has 1 heterocycles. The average Bonchev–Trinajstić information content (AvgIpc) is 3.05. The van der Waals surface area contributed by atoms with E-state index in [0.717, 1.165) is 19.4 Å². The van der Waals surface area contributed by atoms with Gasteiger partial charge in [0.2, 0.25) is 0 Å². The molecule has 6 nitrogen and oxygen atoms in total. The van der Waals surface area contributed by atoms with Gasteiger partial charge in [0.05, 0.1) is 11.7 Å². The van der Waals surface area contributed by atoms with Crippen molar-refractivity contribution < 1.29 is 23.8 Å². The van der Waals surface area contributed by atoms with Crippen LogP contribution in [0.1, 0.15) is 30.1 Å². The average molecular weight is 307 g/mol. The van der Waals surface area contributed by atoms with Gasteiger partial charge in [-0.3, -0.25) is 4.79 Å². The topological polar surface area (TPSA) is 73.9 Å². The largest absolute Gasteiger partial charge is 0.491 e. The van der Waals surface area contributed by atoms with E-state index in [1.807, 2.05) is 0 Å². The van der Waals surface area contributed by atoms with E-state index < -0.39 is 5.97 Å². The summed E-state index contributed by atoms with van der Waals surface area (Å²) in [6, 6.07) is 6.64. The summed E-state index contributed by atoms with van der Waals surface area (Å²) in [5.74, 6) is -0.167. The molecule has 2 rings (SSSR count). The van der Waals surface area contributed by atoms with Gasteiger partial charge in [-0.25, -0.2) is 4.79 Å². The molecule has 120 valence electrons. The fourth-order valence-electron chi connectivity index (χ4n) is 2.11. The second-order valence-electron chi connectivity index (χ2n) is 5.00. The maximum Gasteiger partial charge on any atom is 0.338 e. The van der Waals surface area contributed by atoms with Crippen molar-refractivity contribution in [2.24, 2.45) is 0 Å². The Hall–Kier alpha value is -2.08. The summed E-state index contributed by atoms with van der Waals surface area (Å²) in [5, 5.41) is 2.56. The standard InChI is InChI=1S/C16H21NO5/c1-2-17-15(18)11-22-16(19)12-5-7-13(8-6-12)21-10-14-4-3-9-20-14/h5-8,14H,2-4,9-11H2,1H3,(H,17,18)/t14-/m1/s1. The third-order valence-corrected chi connectivity index (χ3v) is 3.26. The highest BCUT2D eigenvalue weighted by atomic mass is 16.5. The van der Waals surface area contributed by atoms with Crippen LogP contribution in [-0.4, -0.2) is 44.3 Å². The van der Waals surface area contributed by atoms with Crippen molar-refractivity contribution in [1.82, 2.24) is 5.32 Å². The third kappa shape index (κ3) is 5.04. The molecule has 1 N–H and O–H groups in total. The Bertz CT molecular complexity index is 494. The lowest BCUT2D eigenvalue weighted by Crippen LogP contribution is -2.28. The van der Waals surface area contributed by atoms with Gasteiger partial charge in [0.25, 0.3) is 5.91 Å². The molecule has 1 amide bonds. The number of hydrogen-bond donors (Lipinski definition) is 1. The summed E-state index contributed by atoms with van der Waals surface area (Å²) in [6.07, 6.45) is 2.25. The highest BCUT2D eigenvalue weighted by Gasteiger charge is 2.16. The van der Waals surface area contributed by atoms with Crippen molar-refractivity contribution in [2.45, 2.75) is 25.9 Å². The minimum Gasteiger partial charge on any atom is -0.491 e. The van der Waals surface area contributed by atoms with Crippen LogP contribution >= 0.6 is 0 Å². The molecule has 6 heteroatoms. The first kappa shape index (κ1) is 16.3. The number of nitrogens with one attached hydrogen (secondary N) is 1. The summed E-state index contributed by atoms with van der Waals surface area (Å²) in [5.41, 5.74) is 0.383. The fraction of sp³-hybridized carbons (Fsp3) is 0.500. The molecule has 1 atom stereocenters. The Labute approximate surface area is 129 Å². The minimum atomic E-state index is -0.531. The second kappa shape index (κ2) is 8.38. The van der Waals surface area contributed by atoms with Crippen LogP contribution in [0.25, 0.3) is 0 Å². The first-order chi connectivity index (χ1) is 10.7. The van der Waals surface area contributed by atoms with Crippen molar-refractivity contribution in [3.63, 3.8) is 0 Å². The molecular formula is C16H21NO5. The SMILES string of the molecule is CCNC(=O)COC(=O)c1ccc(OC[C@H]2CCCO2)cc1. The van der Waals surface area contributed by atoms with Crippen molar-refractivity contribution in [1.29, 1.82) is 0 Å². The predicted molar refractivity (Wildman–Crippen MR) is 79.9 cm³/mol. The number of esters is 1. The molecule has 0 spiro atoms. The van der Waals surface area contributed by atoms with E-state index in [1.165, 1.54) is 0 Å². The minimum absolute atomic E-state index is 0.154. The molecule has 0 aliphatic carbocycles. The van der Waals surface area contributed by atoms with Gasteiger partial charge in [-0.05, 0) is 44.0 Å². The number of likely N-dealkylation sites (N-methyl/N-ethyl adjacent to an activating group) is 1. The van der Waals surface area contributed by atoms with Crippen LogP contribution < -0.4 is 10.1 Å². The number of hydrogen-bond acceptors (Lipinski definition) is 5. The molecule has 0 unspecified atom stereocenters. The van der Waals surface area contributed by atoms with E-state index in [0.29, 0.717) is 24.5 Å². The van der Waals surface area contributed by atoms with Crippen LogP contribution in [0.4, 0.5) is 0 Å². The molecule has 1 aromatic rings. The molecular weight excluding hydrogens is 286 g/mol. The van der Waals surface area contributed by atoms with Crippen molar-refractivity contribution in [3.8, 4) is 5.75 Å². The van der Waals surface area contributed by atoms with Crippen LogP contribution in [-0.2, 0) is 14.3 Å². The lowest BCUT2D eigenvalue weighted by atomic mass is 10.2. The number of rotatable bonds is 7. The zero-order chi connectivity index (χ0) is 15.8. The van der Waals surface area contributed by atoms with Crippen LogP contribution in [0.2, 0.25) is 0 Å². The summed E-state index contributed by atoms with van der Waals surface area (Å²) >= 11 is 0. The normalized spacial score (nSPS) is 17.0. The molecule has 0 radical (unpaired) electrons. The first-order valence-electron chi connectivity index (χ1n) is 7.47. The monoisotopic (exact) mass is 307 g/mol. The van der Waals surface area contributed by atoms with Crippen LogP contribution in [0.15, 0.2) is 24.3 Å². The fourth-order valence-corrected chi connectivity index (χ4v) is 2.11. The lowest BCUT2D eigenvalue weighted by Gasteiger charge is -2.11. The molecule has 1 aliphatic rings. The highest BCUT2D eigenvalue weighted by Crippen LogP contribution is 2.16. The first-order valence-corrected chi connectivity index (χ1v) is 7.47. The molecule has 1 aromatic carbocycles. The van der Waals surface area contributed by atoms with Crippen molar-refractivity contribution in [3.05, 3.63) is 29.8 Å². The van der Waals surface area contributed by atoms with Gasteiger partial charge in [-0.15, -0.1) is 0 Å². The molecule has 1 aliphatic heterocycles. The Morgan fingerprint density at radius 2 is 2.09 bits per heavy atom. The van der Waals surface area contributed by atoms with Crippen LogP contribution in [0.3, 0.4) is 0 Å². The van der Waals surface area contributed by atoms with Crippen molar-refractivity contribution in [2.75, 3.05) is 26.4 Å². The van der Waals surface area contributed by atoms with E-state index in [9.17, 15) is 9.59 Å². The maximum atomic E-state index is 11.8. The van der Waals surface area contributed by atoms with Gasteiger partial charge in [0.15, 0.2) is 6.61 Å². The molecule has 0 bridgehead atoms. The Balaban J connectivity index is 1.77. The summed E-state index contributed by atoms with van der Waals surface area (Å²) in [4.78, 5) is 23.0. The number of carbonyl (C=O) groups is 2. The molecule has 0 saturated carbocycles. The Kier molecular flexibility index (Phi) is 6.21. The van der Waals surface area contributed by atoms with Gasteiger partial charge >= 0.3 is 5.97 Å². The zero-order valence-corrected chi connectivity index (χ0v) is 12.7. The molecule has 1 saturated heterocycles. The quantitative estimate of drug-likeness (QED) is 0.773. The number of amides is 1. The predicted octanol–water partition coefficient (Wildman–Crippen LogP) is 1.54. The van der Waals surface area contributed by atoms with Crippen molar-refractivity contribution >= 4 is 11.9 Å².